The maximum absolute atomic E-state index is 12.7. The summed E-state index contributed by atoms with van der Waals surface area (Å²) in [6.45, 7) is 8.54. The Morgan fingerprint density at radius 2 is 1.92 bits per heavy atom. The second-order valence-electron chi connectivity index (χ2n) is 6.97. The average molecular weight is 343 g/mol. The van der Waals surface area contributed by atoms with Crippen molar-refractivity contribution in [2.24, 2.45) is 0 Å². The van der Waals surface area contributed by atoms with Gasteiger partial charge in [0.05, 0.1) is 16.3 Å². The molecule has 3 rings (SSSR count). The molecule has 0 spiro atoms. The normalized spacial score (nSPS) is 21.2. The Kier molecular flexibility index (Phi) is 5.14. The molecule has 128 valence electrons. The molecule has 1 saturated heterocycles. The van der Waals surface area contributed by atoms with E-state index in [4.69, 9.17) is 4.98 Å². The Morgan fingerprint density at radius 3 is 2.62 bits per heavy atom. The fraction of sp³-hybridized carbons (Fsp3) is 0.500. The summed E-state index contributed by atoms with van der Waals surface area (Å²) in [5.41, 5.74) is 3.45. The van der Waals surface area contributed by atoms with Crippen molar-refractivity contribution < 1.29 is 4.79 Å². The van der Waals surface area contributed by atoms with Gasteiger partial charge in [-0.2, -0.15) is 0 Å². The molecule has 2 heterocycles. The number of carbonyl (C=O) groups is 1. The maximum atomic E-state index is 12.7. The van der Waals surface area contributed by atoms with E-state index in [0.29, 0.717) is 17.8 Å². The molecule has 4 heteroatoms. The van der Waals surface area contributed by atoms with Crippen molar-refractivity contribution in [2.45, 2.75) is 64.1 Å². The van der Waals surface area contributed by atoms with Crippen LogP contribution >= 0.6 is 11.8 Å². The van der Waals surface area contributed by atoms with Gasteiger partial charge in [-0.3, -0.25) is 4.79 Å². The third-order valence-corrected chi connectivity index (χ3v) is 5.95. The van der Waals surface area contributed by atoms with Crippen LogP contribution in [0, 0.1) is 13.8 Å². The molecular formula is C20H26N2OS. The first-order chi connectivity index (χ1) is 11.5. The highest BCUT2D eigenvalue weighted by Crippen LogP contribution is 2.28. The van der Waals surface area contributed by atoms with Crippen molar-refractivity contribution in [1.82, 2.24) is 9.88 Å². The van der Waals surface area contributed by atoms with Crippen LogP contribution in [0.15, 0.2) is 29.3 Å². The lowest BCUT2D eigenvalue weighted by Crippen LogP contribution is -2.48. The number of fused-ring (bicyclic) bond motifs is 1. The molecule has 1 amide bonds. The van der Waals surface area contributed by atoms with E-state index in [1.807, 2.05) is 0 Å². The zero-order chi connectivity index (χ0) is 17.3. The molecule has 0 unspecified atom stereocenters. The van der Waals surface area contributed by atoms with Crippen LogP contribution in [0.4, 0.5) is 0 Å². The highest BCUT2D eigenvalue weighted by Gasteiger charge is 2.28. The number of aromatic nitrogens is 1. The maximum Gasteiger partial charge on any atom is 0.233 e. The van der Waals surface area contributed by atoms with E-state index < -0.39 is 0 Å². The van der Waals surface area contributed by atoms with Gasteiger partial charge in [0.25, 0.3) is 0 Å². The van der Waals surface area contributed by atoms with E-state index in [0.717, 1.165) is 23.4 Å². The number of para-hydroxylation sites is 1. The van der Waals surface area contributed by atoms with Crippen molar-refractivity contribution in [1.29, 1.82) is 0 Å². The molecule has 2 aromatic rings. The van der Waals surface area contributed by atoms with Crippen molar-refractivity contribution in [3.63, 3.8) is 0 Å². The number of pyridine rings is 1. The zero-order valence-electron chi connectivity index (χ0n) is 15.0. The molecule has 0 aliphatic carbocycles. The summed E-state index contributed by atoms with van der Waals surface area (Å²) in [7, 11) is 0. The Balaban J connectivity index is 1.76. The quantitative estimate of drug-likeness (QED) is 0.756. The van der Waals surface area contributed by atoms with Crippen molar-refractivity contribution in [3.05, 3.63) is 35.4 Å². The van der Waals surface area contributed by atoms with Crippen LogP contribution in [-0.2, 0) is 4.79 Å². The van der Waals surface area contributed by atoms with Crippen molar-refractivity contribution in [3.8, 4) is 0 Å². The van der Waals surface area contributed by atoms with E-state index in [1.165, 1.54) is 22.9 Å². The van der Waals surface area contributed by atoms with E-state index in [2.05, 4.69) is 56.9 Å². The molecular weight excluding hydrogens is 316 g/mol. The summed E-state index contributed by atoms with van der Waals surface area (Å²) in [5, 5.41) is 2.14. The lowest BCUT2D eigenvalue weighted by atomic mass is 9.98. The molecule has 0 saturated carbocycles. The number of aryl methyl sites for hydroxylation is 2. The number of piperidine rings is 1. The standard InChI is InChI=1S/C20H26N2OS/c1-13-7-5-10-17-14(2)11-18(21-20(13)17)24-12-19(23)22-15(3)8-6-9-16(22)4/h5,7,10-11,15-16H,6,8-9,12H2,1-4H3/t15-,16-/m1/s1. The predicted molar refractivity (Wildman–Crippen MR) is 102 cm³/mol. The van der Waals surface area contributed by atoms with Gasteiger partial charge in [-0.15, -0.1) is 0 Å². The lowest BCUT2D eigenvalue weighted by Gasteiger charge is -2.39. The summed E-state index contributed by atoms with van der Waals surface area (Å²) in [5.74, 6) is 0.711. The Labute approximate surface area is 148 Å². The third kappa shape index (κ3) is 3.44. The van der Waals surface area contributed by atoms with E-state index in [9.17, 15) is 4.79 Å². The van der Waals surface area contributed by atoms with Gasteiger partial charge >= 0.3 is 0 Å². The monoisotopic (exact) mass is 342 g/mol. The minimum atomic E-state index is 0.240. The molecule has 0 radical (unpaired) electrons. The van der Waals surface area contributed by atoms with Crippen LogP contribution in [0.3, 0.4) is 0 Å². The van der Waals surface area contributed by atoms with Gasteiger partial charge in [0.15, 0.2) is 0 Å². The molecule has 2 atom stereocenters. The number of benzene rings is 1. The van der Waals surface area contributed by atoms with E-state index in [1.54, 1.807) is 11.8 Å². The summed E-state index contributed by atoms with van der Waals surface area (Å²) in [6.07, 6.45) is 3.46. The topological polar surface area (TPSA) is 33.2 Å². The Morgan fingerprint density at radius 1 is 1.21 bits per heavy atom. The van der Waals surface area contributed by atoms with Crippen LogP contribution in [0.5, 0.6) is 0 Å². The number of amides is 1. The van der Waals surface area contributed by atoms with Crippen LogP contribution in [0.25, 0.3) is 10.9 Å². The molecule has 24 heavy (non-hydrogen) atoms. The fourth-order valence-corrected chi connectivity index (χ4v) is 4.56. The van der Waals surface area contributed by atoms with Gasteiger partial charge in [0.2, 0.25) is 5.91 Å². The molecule has 1 aromatic carbocycles. The third-order valence-electron chi connectivity index (χ3n) is 5.05. The summed E-state index contributed by atoms with van der Waals surface area (Å²) in [4.78, 5) is 19.5. The van der Waals surface area contributed by atoms with Crippen LogP contribution in [-0.4, -0.2) is 33.6 Å². The highest BCUT2D eigenvalue weighted by molar-refractivity contribution is 7.99. The number of likely N-dealkylation sites (tertiary alicyclic amines) is 1. The molecule has 3 nitrogen and oxygen atoms in total. The number of thioether (sulfide) groups is 1. The minimum absolute atomic E-state index is 0.240. The van der Waals surface area contributed by atoms with Gasteiger partial charge in [-0.25, -0.2) is 4.98 Å². The lowest BCUT2D eigenvalue weighted by molar-refractivity contribution is -0.134. The van der Waals surface area contributed by atoms with Gasteiger partial charge in [0.1, 0.15) is 0 Å². The molecule has 1 fully saturated rings. The smallest absolute Gasteiger partial charge is 0.233 e. The molecule has 1 aliphatic rings. The fourth-order valence-electron chi connectivity index (χ4n) is 3.73. The first-order valence-electron chi connectivity index (χ1n) is 8.78. The largest absolute Gasteiger partial charge is 0.337 e. The van der Waals surface area contributed by atoms with Gasteiger partial charge in [-0.05, 0) is 64.2 Å². The van der Waals surface area contributed by atoms with E-state index >= 15 is 0 Å². The van der Waals surface area contributed by atoms with Gasteiger partial charge < -0.3 is 4.90 Å². The average Bonchev–Trinajstić information content (AvgIpc) is 2.54. The second-order valence-corrected chi connectivity index (χ2v) is 7.96. The highest BCUT2D eigenvalue weighted by atomic mass is 32.2. The molecule has 1 aromatic heterocycles. The number of carbonyl (C=O) groups excluding carboxylic acids is 1. The Hall–Kier alpha value is -1.55. The van der Waals surface area contributed by atoms with Crippen LogP contribution in [0.2, 0.25) is 0 Å². The second kappa shape index (κ2) is 7.14. The first-order valence-corrected chi connectivity index (χ1v) is 9.77. The Bertz CT molecular complexity index is 749. The van der Waals surface area contributed by atoms with Gasteiger partial charge in [-0.1, -0.05) is 30.0 Å². The number of hydrogen-bond donors (Lipinski definition) is 0. The first kappa shape index (κ1) is 17.3. The summed E-state index contributed by atoms with van der Waals surface area (Å²) >= 11 is 1.56. The van der Waals surface area contributed by atoms with Crippen LogP contribution < -0.4 is 0 Å². The van der Waals surface area contributed by atoms with Gasteiger partial charge in [0, 0.05) is 17.5 Å². The SMILES string of the molecule is Cc1cc(SCC(=O)N2[C@H](C)CCC[C@H]2C)nc2c(C)cccc12. The molecule has 0 N–H and O–H groups in total. The molecule has 0 bridgehead atoms. The predicted octanol–water partition coefficient (Wildman–Crippen LogP) is 4.73. The molecule has 1 aliphatic heterocycles. The summed E-state index contributed by atoms with van der Waals surface area (Å²) in [6, 6.07) is 9.09. The zero-order valence-corrected chi connectivity index (χ0v) is 15.8. The van der Waals surface area contributed by atoms with Crippen molar-refractivity contribution in [2.75, 3.05) is 5.75 Å². The summed E-state index contributed by atoms with van der Waals surface area (Å²) < 4.78 is 0. The minimum Gasteiger partial charge on any atom is -0.337 e. The number of rotatable bonds is 3. The van der Waals surface area contributed by atoms with E-state index in [-0.39, 0.29) is 5.91 Å². The number of hydrogen-bond acceptors (Lipinski definition) is 3. The van der Waals surface area contributed by atoms with Crippen LogP contribution in [0.1, 0.15) is 44.2 Å². The van der Waals surface area contributed by atoms with Crippen molar-refractivity contribution >= 4 is 28.6 Å². The number of nitrogens with zero attached hydrogens (tertiary/aromatic N) is 2.